The van der Waals surface area contributed by atoms with E-state index in [9.17, 15) is 0 Å². The number of hydrogen-bond donors (Lipinski definition) is 1. The van der Waals surface area contributed by atoms with Gasteiger partial charge < -0.3 is 5.32 Å². The molecule has 1 aromatic carbocycles. The van der Waals surface area contributed by atoms with E-state index >= 15 is 0 Å². The quantitative estimate of drug-likeness (QED) is 0.836. The van der Waals surface area contributed by atoms with E-state index < -0.39 is 0 Å². The van der Waals surface area contributed by atoms with Gasteiger partial charge in [-0.15, -0.1) is 0 Å². The van der Waals surface area contributed by atoms with E-state index in [-0.39, 0.29) is 0 Å². The monoisotopic (exact) mass is 229 g/mol. The van der Waals surface area contributed by atoms with Crippen LogP contribution in [0.15, 0.2) is 24.3 Å². The number of fused-ring (bicyclic) bond motifs is 1. The van der Waals surface area contributed by atoms with Crippen molar-refractivity contribution in [3.8, 4) is 0 Å². The van der Waals surface area contributed by atoms with Crippen LogP contribution in [0.3, 0.4) is 0 Å². The number of nitrogens with one attached hydrogen (secondary N) is 1. The molecule has 0 aromatic heterocycles. The summed E-state index contributed by atoms with van der Waals surface area (Å²) < 4.78 is 0. The van der Waals surface area contributed by atoms with Gasteiger partial charge >= 0.3 is 0 Å². The fourth-order valence-electron chi connectivity index (χ4n) is 3.53. The second kappa shape index (κ2) is 4.13. The van der Waals surface area contributed by atoms with Crippen molar-refractivity contribution in [3.63, 3.8) is 0 Å². The van der Waals surface area contributed by atoms with Crippen molar-refractivity contribution in [2.75, 3.05) is 6.54 Å². The fourth-order valence-corrected chi connectivity index (χ4v) is 3.53. The van der Waals surface area contributed by atoms with Gasteiger partial charge in [-0.2, -0.15) is 0 Å². The van der Waals surface area contributed by atoms with Gasteiger partial charge in [-0.1, -0.05) is 44.5 Å². The first-order valence-electron chi connectivity index (χ1n) is 6.98. The topological polar surface area (TPSA) is 12.0 Å². The molecule has 92 valence electrons. The summed E-state index contributed by atoms with van der Waals surface area (Å²) in [4.78, 5) is 0. The molecule has 0 spiro atoms. The van der Waals surface area contributed by atoms with Gasteiger partial charge in [0, 0.05) is 18.5 Å². The van der Waals surface area contributed by atoms with E-state index in [4.69, 9.17) is 0 Å². The molecule has 2 atom stereocenters. The maximum Gasteiger partial charge on any atom is 0.0118 e. The second-order valence-corrected chi connectivity index (χ2v) is 6.44. The Morgan fingerprint density at radius 1 is 1.29 bits per heavy atom. The maximum absolute atomic E-state index is 3.81. The summed E-state index contributed by atoms with van der Waals surface area (Å²) in [7, 11) is 0. The van der Waals surface area contributed by atoms with Crippen molar-refractivity contribution in [3.05, 3.63) is 35.4 Å². The first-order chi connectivity index (χ1) is 8.17. The van der Waals surface area contributed by atoms with E-state index in [1.165, 1.54) is 32.2 Å². The molecule has 1 nitrogen and oxygen atoms in total. The van der Waals surface area contributed by atoms with Crippen LogP contribution in [-0.2, 0) is 6.42 Å². The summed E-state index contributed by atoms with van der Waals surface area (Å²) in [6.45, 7) is 5.99. The molecule has 0 bridgehead atoms. The summed E-state index contributed by atoms with van der Waals surface area (Å²) in [6, 6.07) is 9.62. The molecular formula is C16H23N. The third-order valence-corrected chi connectivity index (χ3v) is 4.83. The Kier molecular flexibility index (Phi) is 2.74. The third-order valence-electron chi connectivity index (χ3n) is 4.83. The number of rotatable bonds is 3. The second-order valence-electron chi connectivity index (χ2n) is 6.44. The molecule has 3 rings (SSSR count). The van der Waals surface area contributed by atoms with Crippen LogP contribution in [0.5, 0.6) is 0 Å². The van der Waals surface area contributed by atoms with Gasteiger partial charge in [0.1, 0.15) is 0 Å². The van der Waals surface area contributed by atoms with Gasteiger partial charge in [-0.25, -0.2) is 0 Å². The highest BCUT2D eigenvalue weighted by Gasteiger charge is 2.35. The highest BCUT2D eigenvalue weighted by atomic mass is 14.9. The lowest BCUT2D eigenvalue weighted by atomic mass is 9.77. The van der Waals surface area contributed by atoms with E-state index in [2.05, 4.69) is 43.4 Å². The van der Waals surface area contributed by atoms with Crippen LogP contribution in [0.2, 0.25) is 0 Å². The van der Waals surface area contributed by atoms with Crippen molar-refractivity contribution < 1.29 is 0 Å². The molecule has 0 heterocycles. The zero-order valence-corrected chi connectivity index (χ0v) is 11.0. The predicted molar refractivity (Wildman–Crippen MR) is 72.3 cm³/mol. The zero-order chi connectivity index (χ0) is 11.9. The van der Waals surface area contributed by atoms with E-state index in [1.54, 1.807) is 11.1 Å². The van der Waals surface area contributed by atoms with Crippen LogP contribution in [-0.4, -0.2) is 12.6 Å². The molecule has 0 aliphatic heterocycles. The molecule has 0 radical (unpaired) electrons. The van der Waals surface area contributed by atoms with Crippen molar-refractivity contribution in [2.45, 2.75) is 51.5 Å². The molecule has 2 aliphatic carbocycles. The third kappa shape index (κ3) is 2.01. The van der Waals surface area contributed by atoms with Crippen molar-refractivity contribution in [1.29, 1.82) is 0 Å². The summed E-state index contributed by atoms with van der Waals surface area (Å²) in [5.74, 6) is 0.766. The Bertz CT molecular complexity index is 408. The molecule has 0 saturated heterocycles. The Hall–Kier alpha value is -0.820. The lowest BCUT2D eigenvalue weighted by Gasteiger charge is -2.34. The van der Waals surface area contributed by atoms with Gasteiger partial charge in [0.05, 0.1) is 0 Å². The standard InChI is InChI=1S/C16H23N/c1-16(2)9-5-8-15(16)17-11-13-10-12-6-3-4-7-14(12)13/h3-4,6-7,13,15,17H,5,8-11H2,1-2H3. The fraction of sp³-hybridized carbons (Fsp3) is 0.625. The van der Waals surface area contributed by atoms with Crippen LogP contribution < -0.4 is 5.32 Å². The van der Waals surface area contributed by atoms with Gasteiger partial charge in [0.15, 0.2) is 0 Å². The molecule has 1 saturated carbocycles. The minimum atomic E-state index is 0.503. The van der Waals surface area contributed by atoms with E-state index in [1.807, 2.05) is 0 Å². The Morgan fingerprint density at radius 2 is 2.12 bits per heavy atom. The van der Waals surface area contributed by atoms with E-state index in [0.717, 1.165) is 12.0 Å². The summed E-state index contributed by atoms with van der Waals surface area (Å²) in [5.41, 5.74) is 3.64. The Balaban J connectivity index is 1.57. The lowest BCUT2D eigenvalue weighted by Crippen LogP contribution is -2.41. The number of hydrogen-bond acceptors (Lipinski definition) is 1. The lowest BCUT2D eigenvalue weighted by molar-refractivity contribution is 0.277. The molecule has 2 aliphatic rings. The van der Waals surface area contributed by atoms with Crippen LogP contribution in [0.1, 0.15) is 50.2 Å². The van der Waals surface area contributed by atoms with Crippen molar-refractivity contribution >= 4 is 0 Å². The molecular weight excluding hydrogens is 206 g/mol. The maximum atomic E-state index is 3.81. The summed E-state index contributed by atoms with van der Waals surface area (Å²) >= 11 is 0. The Labute approximate surface area is 105 Å². The average Bonchev–Trinajstić information content (AvgIpc) is 2.60. The van der Waals surface area contributed by atoms with Crippen molar-refractivity contribution in [1.82, 2.24) is 5.32 Å². The molecule has 1 N–H and O–H groups in total. The predicted octanol–water partition coefficient (Wildman–Crippen LogP) is 3.49. The van der Waals surface area contributed by atoms with Crippen LogP contribution in [0.25, 0.3) is 0 Å². The molecule has 2 unspecified atom stereocenters. The molecule has 17 heavy (non-hydrogen) atoms. The highest BCUT2D eigenvalue weighted by Crippen LogP contribution is 2.39. The highest BCUT2D eigenvalue weighted by molar-refractivity contribution is 5.40. The SMILES string of the molecule is CC1(C)CCCC1NCC1Cc2ccccc21. The molecule has 1 aromatic rings. The van der Waals surface area contributed by atoms with Crippen LogP contribution >= 0.6 is 0 Å². The zero-order valence-electron chi connectivity index (χ0n) is 11.0. The Morgan fingerprint density at radius 3 is 2.82 bits per heavy atom. The molecule has 1 fully saturated rings. The average molecular weight is 229 g/mol. The van der Waals surface area contributed by atoms with Gasteiger partial charge in [-0.05, 0) is 35.8 Å². The van der Waals surface area contributed by atoms with Gasteiger partial charge in [-0.3, -0.25) is 0 Å². The summed E-state index contributed by atoms with van der Waals surface area (Å²) in [5, 5.41) is 3.81. The first-order valence-corrected chi connectivity index (χ1v) is 6.98. The molecule has 0 amide bonds. The van der Waals surface area contributed by atoms with Crippen molar-refractivity contribution in [2.24, 2.45) is 5.41 Å². The normalized spacial score (nSPS) is 29.8. The van der Waals surface area contributed by atoms with Crippen LogP contribution in [0.4, 0.5) is 0 Å². The summed E-state index contributed by atoms with van der Waals surface area (Å²) in [6.07, 6.45) is 5.41. The smallest absolute Gasteiger partial charge is 0.0118 e. The minimum Gasteiger partial charge on any atom is -0.313 e. The largest absolute Gasteiger partial charge is 0.313 e. The van der Waals surface area contributed by atoms with E-state index in [0.29, 0.717) is 5.41 Å². The van der Waals surface area contributed by atoms with Gasteiger partial charge in [0.2, 0.25) is 0 Å². The first kappa shape index (κ1) is 11.3. The number of benzene rings is 1. The van der Waals surface area contributed by atoms with Gasteiger partial charge in [0.25, 0.3) is 0 Å². The minimum absolute atomic E-state index is 0.503. The molecule has 1 heteroatoms. The van der Waals surface area contributed by atoms with Crippen LogP contribution in [0, 0.1) is 5.41 Å².